The van der Waals surface area contributed by atoms with Crippen LogP contribution in [0.4, 0.5) is 17.1 Å². The lowest BCUT2D eigenvalue weighted by atomic mass is 10.1. The van der Waals surface area contributed by atoms with Gasteiger partial charge in [0.25, 0.3) is 0 Å². The van der Waals surface area contributed by atoms with Crippen molar-refractivity contribution in [2.75, 3.05) is 28.3 Å². The van der Waals surface area contributed by atoms with Crippen LogP contribution in [0.25, 0.3) is 0 Å². The van der Waals surface area contributed by atoms with Gasteiger partial charge in [-0.15, -0.1) is 0 Å². The van der Waals surface area contributed by atoms with Crippen LogP contribution < -0.4 is 14.7 Å². The molecule has 2 aromatic carbocycles. The van der Waals surface area contributed by atoms with Crippen molar-refractivity contribution >= 4 is 23.0 Å². The molecule has 1 fully saturated rings. The molecule has 1 heterocycles. The van der Waals surface area contributed by atoms with Crippen molar-refractivity contribution in [2.24, 2.45) is 0 Å². The molecule has 1 atom stereocenters. The number of hydrogen-bond acceptors (Lipinski definition) is 3. The standard InChI is InChI=1S/C22H27N3O/c1-4-24(15-17-8-6-5-7-9-17)19-12-13-20-21(14-19)25(18-10-11-18)16(2)22(26)23(20)3/h5-9,12-14,16,18H,4,10-11,15H2,1-3H3. The van der Waals surface area contributed by atoms with Gasteiger partial charge in [-0.05, 0) is 50.5 Å². The first-order valence-electron chi connectivity index (χ1n) is 9.59. The quantitative estimate of drug-likeness (QED) is 0.815. The first kappa shape index (κ1) is 17.0. The Morgan fingerprint density at radius 1 is 1.08 bits per heavy atom. The van der Waals surface area contributed by atoms with Crippen molar-refractivity contribution in [3.05, 3.63) is 54.1 Å². The molecule has 1 aliphatic heterocycles. The minimum Gasteiger partial charge on any atom is -0.367 e. The molecule has 2 aromatic rings. The monoisotopic (exact) mass is 349 g/mol. The highest BCUT2D eigenvalue weighted by molar-refractivity contribution is 6.05. The summed E-state index contributed by atoms with van der Waals surface area (Å²) in [6.07, 6.45) is 2.37. The molecule has 0 spiro atoms. The van der Waals surface area contributed by atoms with E-state index in [0.717, 1.165) is 18.8 Å². The number of nitrogens with zero attached hydrogens (tertiary/aromatic N) is 3. The highest BCUT2D eigenvalue weighted by Crippen LogP contribution is 2.44. The van der Waals surface area contributed by atoms with E-state index in [4.69, 9.17) is 0 Å². The third-order valence-electron chi connectivity index (χ3n) is 5.61. The van der Waals surface area contributed by atoms with Gasteiger partial charge >= 0.3 is 0 Å². The lowest BCUT2D eigenvalue weighted by Crippen LogP contribution is -2.51. The summed E-state index contributed by atoms with van der Waals surface area (Å²) >= 11 is 0. The predicted molar refractivity (Wildman–Crippen MR) is 108 cm³/mol. The molecule has 0 N–H and O–H groups in total. The van der Waals surface area contributed by atoms with Crippen LogP contribution in [0.2, 0.25) is 0 Å². The van der Waals surface area contributed by atoms with Crippen LogP contribution in [-0.2, 0) is 11.3 Å². The summed E-state index contributed by atoms with van der Waals surface area (Å²) in [7, 11) is 1.89. The van der Waals surface area contributed by atoms with E-state index < -0.39 is 0 Å². The molecule has 2 aliphatic rings. The van der Waals surface area contributed by atoms with Gasteiger partial charge in [-0.25, -0.2) is 0 Å². The molecule has 0 radical (unpaired) electrons. The maximum absolute atomic E-state index is 12.6. The van der Waals surface area contributed by atoms with Crippen molar-refractivity contribution in [1.82, 2.24) is 0 Å². The largest absolute Gasteiger partial charge is 0.367 e. The van der Waals surface area contributed by atoms with Gasteiger partial charge in [-0.1, -0.05) is 30.3 Å². The number of carbonyl (C=O) groups excluding carboxylic acids is 1. The molecule has 0 bridgehead atoms. The number of hydrogen-bond donors (Lipinski definition) is 0. The Morgan fingerprint density at radius 2 is 1.81 bits per heavy atom. The minimum atomic E-state index is -0.0838. The van der Waals surface area contributed by atoms with E-state index in [0.29, 0.717) is 6.04 Å². The molecule has 0 aromatic heterocycles. The zero-order valence-electron chi connectivity index (χ0n) is 15.9. The predicted octanol–water partition coefficient (Wildman–Crippen LogP) is 4.05. The van der Waals surface area contributed by atoms with E-state index in [1.54, 1.807) is 0 Å². The van der Waals surface area contributed by atoms with E-state index in [1.807, 2.05) is 18.9 Å². The van der Waals surface area contributed by atoms with Crippen molar-refractivity contribution in [2.45, 2.75) is 45.3 Å². The Hall–Kier alpha value is -2.49. The van der Waals surface area contributed by atoms with Crippen LogP contribution >= 0.6 is 0 Å². The van der Waals surface area contributed by atoms with Crippen LogP contribution in [0.15, 0.2) is 48.5 Å². The highest BCUT2D eigenvalue weighted by atomic mass is 16.2. The number of carbonyl (C=O) groups is 1. The maximum Gasteiger partial charge on any atom is 0.249 e. The number of anilines is 3. The Labute approximate surface area is 156 Å². The third-order valence-corrected chi connectivity index (χ3v) is 5.61. The van der Waals surface area contributed by atoms with Crippen LogP contribution in [0, 0.1) is 0 Å². The first-order chi connectivity index (χ1) is 12.6. The maximum atomic E-state index is 12.6. The molecule has 136 valence electrons. The number of rotatable bonds is 5. The number of fused-ring (bicyclic) bond motifs is 1. The summed E-state index contributed by atoms with van der Waals surface area (Å²) in [5, 5.41) is 0. The molecule has 1 saturated carbocycles. The average molecular weight is 349 g/mol. The second kappa shape index (κ2) is 6.67. The molecule has 1 amide bonds. The van der Waals surface area contributed by atoms with Gasteiger partial charge in [0.1, 0.15) is 6.04 Å². The van der Waals surface area contributed by atoms with Crippen molar-refractivity contribution in [3.63, 3.8) is 0 Å². The second-order valence-corrected chi connectivity index (χ2v) is 7.38. The van der Waals surface area contributed by atoms with E-state index in [9.17, 15) is 4.79 Å². The van der Waals surface area contributed by atoms with Gasteiger partial charge in [0.05, 0.1) is 11.4 Å². The van der Waals surface area contributed by atoms with E-state index >= 15 is 0 Å². The van der Waals surface area contributed by atoms with Crippen molar-refractivity contribution in [3.8, 4) is 0 Å². The third kappa shape index (κ3) is 2.94. The Bertz CT molecular complexity index is 800. The summed E-state index contributed by atoms with van der Waals surface area (Å²) in [6.45, 7) is 6.07. The molecular weight excluding hydrogens is 322 g/mol. The van der Waals surface area contributed by atoms with Gasteiger partial charge < -0.3 is 14.7 Å². The lowest BCUT2D eigenvalue weighted by molar-refractivity contribution is -0.119. The summed E-state index contributed by atoms with van der Waals surface area (Å²) in [4.78, 5) is 19.2. The summed E-state index contributed by atoms with van der Waals surface area (Å²) in [6, 6.07) is 17.5. The highest BCUT2D eigenvalue weighted by Gasteiger charge is 2.41. The zero-order chi connectivity index (χ0) is 18.3. The minimum absolute atomic E-state index is 0.0838. The van der Waals surface area contributed by atoms with Gasteiger partial charge in [-0.3, -0.25) is 4.79 Å². The summed E-state index contributed by atoms with van der Waals surface area (Å²) < 4.78 is 0. The summed E-state index contributed by atoms with van der Waals surface area (Å²) in [5.74, 6) is 0.189. The smallest absolute Gasteiger partial charge is 0.249 e. The van der Waals surface area contributed by atoms with Crippen LogP contribution in [-0.4, -0.2) is 31.6 Å². The fourth-order valence-corrected chi connectivity index (χ4v) is 3.98. The molecule has 26 heavy (non-hydrogen) atoms. The van der Waals surface area contributed by atoms with Gasteiger partial charge in [0, 0.05) is 31.9 Å². The molecule has 1 unspecified atom stereocenters. The molecule has 4 rings (SSSR count). The van der Waals surface area contributed by atoms with E-state index in [2.05, 4.69) is 65.3 Å². The van der Waals surface area contributed by atoms with Gasteiger partial charge in [0.2, 0.25) is 5.91 Å². The van der Waals surface area contributed by atoms with E-state index in [-0.39, 0.29) is 11.9 Å². The molecular formula is C22H27N3O. The molecule has 1 aliphatic carbocycles. The second-order valence-electron chi connectivity index (χ2n) is 7.38. The molecule has 4 heteroatoms. The lowest BCUT2D eigenvalue weighted by Gasteiger charge is -2.41. The Balaban J connectivity index is 1.69. The summed E-state index contributed by atoms with van der Waals surface area (Å²) in [5.41, 5.74) is 4.76. The van der Waals surface area contributed by atoms with Crippen LogP contribution in [0.1, 0.15) is 32.3 Å². The first-order valence-corrected chi connectivity index (χ1v) is 9.59. The SMILES string of the molecule is CCN(Cc1ccccc1)c1ccc2c(c1)N(C1CC1)C(C)C(=O)N2C. The topological polar surface area (TPSA) is 26.8 Å². The average Bonchev–Trinajstić information content (AvgIpc) is 3.50. The van der Waals surface area contributed by atoms with Crippen LogP contribution in [0.3, 0.4) is 0 Å². The Kier molecular flexibility index (Phi) is 4.35. The number of likely N-dealkylation sites (N-methyl/N-ethyl adjacent to an activating group) is 1. The number of amides is 1. The van der Waals surface area contributed by atoms with Gasteiger partial charge in [-0.2, -0.15) is 0 Å². The Morgan fingerprint density at radius 3 is 2.46 bits per heavy atom. The van der Waals surface area contributed by atoms with Crippen LogP contribution in [0.5, 0.6) is 0 Å². The zero-order valence-corrected chi connectivity index (χ0v) is 15.9. The van der Waals surface area contributed by atoms with Crippen molar-refractivity contribution < 1.29 is 4.79 Å². The number of benzene rings is 2. The normalized spacial score (nSPS) is 19.5. The molecule has 0 saturated heterocycles. The van der Waals surface area contributed by atoms with Crippen molar-refractivity contribution in [1.29, 1.82) is 0 Å². The van der Waals surface area contributed by atoms with Gasteiger partial charge in [0.15, 0.2) is 0 Å². The molecule has 4 nitrogen and oxygen atoms in total. The van der Waals surface area contributed by atoms with E-state index in [1.165, 1.54) is 29.8 Å². The fourth-order valence-electron chi connectivity index (χ4n) is 3.98. The fraction of sp³-hybridized carbons (Fsp3) is 0.409.